The van der Waals surface area contributed by atoms with Crippen LogP contribution in [0.2, 0.25) is 0 Å². The smallest absolute Gasteiger partial charge is 0.133 e. The number of anilines is 1. The molecule has 3 aromatic carbocycles. The molecule has 2 heterocycles. The van der Waals surface area contributed by atoms with Gasteiger partial charge in [0, 0.05) is 23.6 Å². The molecule has 3 nitrogen and oxygen atoms in total. The summed E-state index contributed by atoms with van der Waals surface area (Å²) in [6.45, 7) is 1.79. The lowest BCUT2D eigenvalue weighted by Gasteiger charge is -2.41. The van der Waals surface area contributed by atoms with Crippen LogP contribution in [0.15, 0.2) is 103 Å². The number of hydrogen-bond donors (Lipinski definition) is 0. The van der Waals surface area contributed by atoms with E-state index in [4.69, 9.17) is 4.74 Å². The normalized spacial score (nSPS) is 13.9. The highest BCUT2D eigenvalue weighted by Crippen LogP contribution is 2.34. The fourth-order valence-corrected chi connectivity index (χ4v) is 3.84. The van der Waals surface area contributed by atoms with E-state index in [-0.39, 0.29) is 6.10 Å². The maximum absolute atomic E-state index is 6.19. The molecule has 0 N–H and O–H groups in total. The van der Waals surface area contributed by atoms with Gasteiger partial charge in [0.2, 0.25) is 0 Å². The van der Waals surface area contributed by atoms with Gasteiger partial charge in [0.25, 0.3) is 0 Å². The largest absolute Gasteiger partial charge is 0.487 e. The SMILES string of the molecule is C(=C\c1cccnc1)/c1ccc(OC2CN(c3ccccc3-c3ccccc3)C2)cc1. The summed E-state index contributed by atoms with van der Waals surface area (Å²) in [5, 5.41) is 0. The van der Waals surface area contributed by atoms with Crippen LogP contribution in [0.1, 0.15) is 11.1 Å². The van der Waals surface area contributed by atoms with Gasteiger partial charge in [0.1, 0.15) is 11.9 Å². The van der Waals surface area contributed by atoms with Gasteiger partial charge in [-0.1, -0.05) is 78.9 Å². The third-order valence-electron chi connectivity index (χ3n) is 5.51. The lowest BCUT2D eigenvalue weighted by atomic mass is 10.0. The minimum absolute atomic E-state index is 0.209. The van der Waals surface area contributed by atoms with E-state index in [0.29, 0.717) is 0 Å². The van der Waals surface area contributed by atoms with Gasteiger partial charge >= 0.3 is 0 Å². The molecule has 1 aliphatic heterocycles. The topological polar surface area (TPSA) is 25.4 Å². The van der Waals surface area contributed by atoms with Gasteiger partial charge in [0.15, 0.2) is 0 Å². The molecule has 5 rings (SSSR count). The third-order valence-corrected chi connectivity index (χ3v) is 5.51. The van der Waals surface area contributed by atoms with Gasteiger partial charge < -0.3 is 9.64 Å². The van der Waals surface area contributed by atoms with Crippen molar-refractivity contribution in [1.82, 2.24) is 4.98 Å². The zero-order valence-electron chi connectivity index (χ0n) is 17.3. The van der Waals surface area contributed by atoms with Crippen molar-refractivity contribution in [3.05, 3.63) is 115 Å². The van der Waals surface area contributed by atoms with Crippen LogP contribution in [0.25, 0.3) is 23.3 Å². The van der Waals surface area contributed by atoms with Crippen LogP contribution >= 0.6 is 0 Å². The van der Waals surface area contributed by atoms with Crippen LogP contribution < -0.4 is 9.64 Å². The number of aromatic nitrogens is 1. The molecule has 4 aromatic rings. The number of para-hydroxylation sites is 1. The number of hydrogen-bond acceptors (Lipinski definition) is 3. The van der Waals surface area contributed by atoms with Crippen molar-refractivity contribution in [1.29, 1.82) is 0 Å². The number of nitrogens with zero attached hydrogens (tertiary/aromatic N) is 2. The summed E-state index contributed by atoms with van der Waals surface area (Å²) in [5.74, 6) is 0.916. The molecule has 0 amide bonds. The lowest BCUT2D eigenvalue weighted by molar-refractivity contribution is 0.167. The Labute approximate surface area is 183 Å². The van der Waals surface area contributed by atoms with E-state index in [2.05, 4.69) is 88.8 Å². The summed E-state index contributed by atoms with van der Waals surface area (Å²) in [4.78, 5) is 6.52. The van der Waals surface area contributed by atoms with Crippen molar-refractivity contribution in [2.24, 2.45) is 0 Å². The molecule has 0 saturated carbocycles. The fraction of sp³-hybridized carbons (Fsp3) is 0.107. The number of ether oxygens (including phenoxy) is 1. The first-order chi connectivity index (χ1) is 15.3. The minimum atomic E-state index is 0.209. The summed E-state index contributed by atoms with van der Waals surface area (Å²) in [6.07, 6.45) is 8.00. The molecule has 3 heteroatoms. The minimum Gasteiger partial charge on any atom is -0.487 e. The standard InChI is InChI=1S/C28H24N2O/c1-2-8-24(9-3-1)27-10-4-5-11-28(27)30-20-26(21-30)31-25-16-14-22(15-17-25)12-13-23-7-6-18-29-19-23/h1-19,26H,20-21H2/b13-12+. The summed E-state index contributed by atoms with van der Waals surface area (Å²) in [5.41, 5.74) is 6.02. The summed E-state index contributed by atoms with van der Waals surface area (Å²) < 4.78 is 6.19. The predicted molar refractivity (Wildman–Crippen MR) is 128 cm³/mol. The summed E-state index contributed by atoms with van der Waals surface area (Å²) in [7, 11) is 0. The van der Waals surface area contributed by atoms with Gasteiger partial charge in [-0.05, 0) is 41.0 Å². The number of benzene rings is 3. The Kier molecular flexibility index (Phi) is 5.48. The van der Waals surface area contributed by atoms with Gasteiger partial charge in [0.05, 0.1) is 13.1 Å². The van der Waals surface area contributed by atoms with Crippen LogP contribution in [0.4, 0.5) is 5.69 Å². The van der Waals surface area contributed by atoms with E-state index in [1.807, 2.05) is 30.5 Å². The molecule has 0 spiro atoms. The van der Waals surface area contributed by atoms with Crippen LogP contribution in [0.3, 0.4) is 0 Å². The Balaban J connectivity index is 1.20. The molecular weight excluding hydrogens is 380 g/mol. The van der Waals surface area contributed by atoms with Crippen molar-refractivity contribution >= 4 is 17.8 Å². The number of pyridine rings is 1. The average Bonchev–Trinajstić information content (AvgIpc) is 2.82. The highest BCUT2D eigenvalue weighted by Gasteiger charge is 2.30. The quantitative estimate of drug-likeness (QED) is 0.383. The van der Waals surface area contributed by atoms with Crippen molar-refractivity contribution in [3.8, 4) is 16.9 Å². The van der Waals surface area contributed by atoms with Crippen LogP contribution in [0, 0.1) is 0 Å². The first kappa shape index (κ1) is 19.1. The summed E-state index contributed by atoms with van der Waals surface area (Å²) in [6, 6.07) is 31.4. The van der Waals surface area contributed by atoms with Crippen LogP contribution in [-0.4, -0.2) is 24.2 Å². The third kappa shape index (κ3) is 4.51. The highest BCUT2D eigenvalue weighted by molar-refractivity contribution is 5.79. The Morgan fingerprint density at radius 3 is 2.26 bits per heavy atom. The Morgan fingerprint density at radius 2 is 1.48 bits per heavy atom. The molecule has 152 valence electrons. The fourth-order valence-electron chi connectivity index (χ4n) is 3.84. The van der Waals surface area contributed by atoms with E-state index in [1.165, 1.54) is 16.8 Å². The maximum atomic E-state index is 6.19. The van der Waals surface area contributed by atoms with Crippen LogP contribution in [0.5, 0.6) is 5.75 Å². The Morgan fingerprint density at radius 1 is 0.742 bits per heavy atom. The molecule has 1 saturated heterocycles. The maximum Gasteiger partial charge on any atom is 0.133 e. The molecule has 31 heavy (non-hydrogen) atoms. The molecule has 1 aromatic heterocycles. The molecule has 0 bridgehead atoms. The first-order valence-electron chi connectivity index (χ1n) is 10.6. The number of rotatable bonds is 6. The second-order valence-corrected chi connectivity index (χ2v) is 7.72. The molecule has 0 unspecified atom stereocenters. The van der Waals surface area contributed by atoms with Crippen molar-refractivity contribution in [2.75, 3.05) is 18.0 Å². The highest BCUT2D eigenvalue weighted by atomic mass is 16.5. The Bertz CT molecular complexity index is 1150. The molecule has 0 aliphatic carbocycles. The second-order valence-electron chi connectivity index (χ2n) is 7.72. The molecule has 1 fully saturated rings. The van der Waals surface area contributed by atoms with Gasteiger partial charge in [-0.2, -0.15) is 0 Å². The lowest BCUT2D eigenvalue weighted by Crippen LogP contribution is -2.54. The monoisotopic (exact) mass is 404 g/mol. The van der Waals surface area contributed by atoms with E-state index in [1.54, 1.807) is 6.20 Å². The van der Waals surface area contributed by atoms with Crippen molar-refractivity contribution in [2.45, 2.75) is 6.10 Å². The molecule has 0 radical (unpaired) electrons. The van der Waals surface area contributed by atoms with E-state index >= 15 is 0 Å². The summed E-state index contributed by atoms with van der Waals surface area (Å²) >= 11 is 0. The first-order valence-corrected chi connectivity index (χ1v) is 10.6. The zero-order chi connectivity index (χ0) is 20.9. The van der Waals surface area contributed by atoms with Crippen LogP contribution in [-0.2, 0) is 0 Å². The van der Waals surface area contributed by atoms with Gasteiger partial charge in [-0.15, -0.1) is 0 Å². The van der Waals surface area contributed by atoms with E-state index in [9.17, 15) is 0 Å². The van der Waals surface area contributed by atoms with E-state index < -0.39 is 0 Å². The predicted octanol–water partition coefficient (Wildman–Crippen LogP) is 6.19. The molecular formula is C28H24N2O. The second kappa shape index (κ2) is 8.88. The molecule has 1 aliphatic rings. The van der Waals surface area contributed by atoms with Crippen molar-refractivity contribution < 1.29 is 4.74 Å². The van der Waals surface area contributed by atoms with E-state index in [0.717, 1.165) is 30.0 Å². The average molecular weight is 405 g/mol. The van der Waals surface area contributed by atoms with Crippen molar-refractivity contribution in [3.63, 3.8) is 0 Å². The Hall–Kier alpha value is -3.85. The zero-order valence-corrected chi connectivity index (χ0v) is 17.3. The van der Waals surface area contributed by atoms with Gasteiger partial charge in [-0.25, -0.2) is 0 Å². The molecule has 0 atom stereocenters. The van der Waals surface area contributed by atoms with Gasteiger partial charge in [-0.3, -0.25) is 4.98 Å².